The molecule has 0 spiro atoms. The Kier molecular flexibility index (Phi) is 5.92. The van der Waals surface area contributed by atoms with Crippen LogP contribution < -0.4 is 5.32 Å². The molecule has 0 unspecified atom stereocenters. The summed E-state index contributed by atoms with van der Waals surface area (Å²) in [4.78, 5) is 0. The van der Waals surface area contributed by atoms with E-state index in [1.165, 1.54) is 6.07 Å². The molecule has 0 heterocycles. The Morgan fingerprint density at radius 3 is 2.65 bits per heavy atom. The minimum atomic E-state index is -0.807. The van der Waals surface area contributed by atoms with Crippen LogP contribution in [0.2, 0.25) is 0 Å². The molecule has 1 aromatic carbocycles. The molecule has 1 aliphatic rings. The Balaban J connectivity index is 1.74. The second-order valence-electron chi connectivity index (χ2n) is 5.45. The summed E-state index contributed by atoms with van der Waals surface area (Å²) < 4.78 is 32.3. The van der Waals surface area contributed by atoms with Gasteiger partial charge in [0.25, 0.3) is 0 Å². The lowest BCUT2D eigenvalue weighted by atomic mass is 9.93. The van der Waals surface area contributed by atoms with E-state index in [0.717, 1.165) is 44.7 Å². The lowest BCUT2D eigenvalue weighted by Crippen LogP contribution is -2.35. The Labute approximate surface area is 119 Å². The highest BCUT2D eigenvalue weighted by molar-refractivity contribution is 5.18. The zero-order chi connectivity index (χ0) is 14.4. The average Bonchev–Trinajstić information content (AvgIpc) is 2.48. The molecule has 0 bridgehead atoms. The lowest BCUT2D eigenvalue weighted by molar-refractivity contribution is 0.00993. The number of benzene rings is 1. The molecule has 2 rings (SSSR count). The van der Waals surface area contributed by atoms with E-state index in [1.54, 1.807) is 6.07 Å². The van der Waals surface area contributed by atoms with Crippen LogP contribution in [0.15, 0.2) is 18.2 Å². The SMILES string of the molecule is CCCNC1CCC(OCc2cccc(F)c2F)CC1. The number of ether oxygens (including phenoxy) is 1. The first-order valence-corrected chi connectivity index (χ1v) is 7.48. The van der Waals surface area contributed by atoms with E-state index in [0.29, 0.717) is 11.6 Å². The van der Waals surface area contributed by atoms with Crippen molar-refractivity contribution in [1.29, 1.82) is 0 Å². The second-order valence-corrected chi connectivity index (χ2v) is 5.45. The molecule has 1 aromatic rings. The van der Waals surface area contributed by atoms with Gasteiger partial charge in [0.1, 0.15) is 0 Å². The Hall–Kier alpha value is -1.00. The highest BCUT2D eigenvalue weighted by atomic mass is 19.2. The predicted molar refractivity (Wildman–Crippen MR) is 75.5 cm³/mol. The molecule has 1 aliphatic carbocycles. The van der Waals surface area contributed by atoms with Crippen molar-refractivity contribution in [2.24, 2.45) is 0 Å². The van der Waals surface area contributed by atoms with Crippen LogP contribution in [0, 0.1) is 11.6 Å². The Bertz CT molecular complexity index is 417. The molecule has 4 heteroatoms. The van der Waals surface area contributed by atoms with Gasteiger partial charge in [-0.05, 0) is 44.7 Å². The van der Waals surface area contributed by atoms with Crippen molar-refractivity contribution in [3.8, 4) is 0 Å². The van der Waals surface area contributed by atoms with E-state index in [1.807, 2.05) is 0 Å². The van der Waals surface area contributed by atoms with Crippen molar-refractivity contribution < 1.29 is 13.5 Å². The zero-order valence-electron chi connectivity index (χ0n) is 12.0. The molecule has 20 heavy (non-hydrogen) atoms. The fourth-order valence-corrected chi connectivity index (χ4v) is 2.65. The van der Waals surface area contributed by atoms with Gasteiger partial charge in [-0.2, -0.15) is 0 Å². The number of hydrogen-bond acceptors (Lipinski definition) is 2. The summed E-state index contributed by atoms with van der Waals surface area (Å²) in [5.41, 5.74) is 0.302. The standard InChI is InChI=1S/C16H23F2NO/c1-2-10-19-13-6-8-14(9-7-13)20-11-12-4-3-5-15(17)16(12)18/h3-5,13-14,19H,2,6-11H2,1H3. The van der Waals surface area contributed by atoms with E-state index in [-0.39, 0.29) is 12.7 Å². The molecule has 0 atom stereocenters. The van der Waals surface area contributed by atoms with E-state index in [4.69, 9.17) is 4.74 Å². The lowest BCUT2D eigenvalue weighted by Gasteiger charge is -2.29. The number of rotatable bonds is 6. The smallest absolute Gasteiger partial charge is 0.164 e. The maximum atomic E-state index is 13.5. The summed E-state index contributed by atoms with van der Waals surface area (Å²) in [6.45, 7) is 3.38. The second kappa shape index (κ2) is 7.70. The third-order valence-electron chi connectivity index (χ3n) is 3.86. The zero-order valence-corrected chi connectivity index (χ0v) is 12.0. The molecule has 1 saturated carbocycles. The van der Waals surface area contributed by atoms with Gasteiger partial charge >= 0.3 is 0 Å². The highest BCUT2D eigenvalue weighted by Gasteiger charge is 2.21. The largest absolute Gasteiger partial charge is 0.373 e. The number of nitrogens with one attached hydrogen (secondary N) is 1. The molecule has 1 N–H and O–H groups in total. The maximum absolute atomic E-state index is 13.5. The fraction of sp³-hybridized carbons (Fsp3) is 0.625. The van der Waals surface area contributed by atoms with Gasteiger partial charge in [0.2, 0.25) is 0 Å². The van der Waals surface area contributed by atoms with Crippen LogP contribution >= 0.6 is 0 Å². The number of halogens is 2. The first-order valence-electron chi connectivity index (χ1n) is 7.48. The Morgan fingerprint density at radius 1 is 1.20 bits per heavy atom. The molecule has 0 saturated heterocycles. The summed E-state index contributed by atoms with van der Waals surface area (Å²) in [6.07, 6.45) is 5.47. The topological polar surface area (TPSA) is 21.3 Å². The van der Waals surface area contributed by atoms with E-state index < -0.39 is 11.6 Å². The summed E-state index contributed by atoms with van der Waals surface area (Å²) in [5, 5.41) is 3.52. The van der Waals surface area contributed by atoms with Crippen LogP contribution in [-0.4, -0.2) is 18.7 Å². The first kappa shape index (κ1) is 15.4. The van der Waals surface area contributed by atoms with Gasteiger partial charge in [-0.25, -0.2) is 8.78 Å². The molecule has 0 aromatic heterocycles. The predicted octanol–water partition coefficient (Wildman–Crippen LogP) is 3.79. The van der Waals surface area contributed by atoms with Gasteiger partial charge in [-0.1, -0.05) is 19.1 Å². The van der Waals surface area contributed by atoms with Crippen molar-refractivity contribution in [3.63, 3.8) is 0 Å². The molecule has 0 amide bonds. The van der Waals surface area contributed by atoms with Gasteiger partial charge in [0.05, 0.1) is 12.7 Å². The monoisotopic (exact) mass is 283 g/mol. The van der Waals surface area contributed by atoms with Crippen molar-refractivity contribution in [1.82, 2.24) is 5.32 Å². The molecule has 2 nitrogen and oxygen atoms in total. The van der Waals surface area contributed by atoms with Crippen LogP contribution in [0.3, 0.4) is 0 Å². The van der Waals surface area contributed by atoms with Crippen molar-refractivity contribution >= 4 is 0 Å². The summed E-state index contributed by atoms with van der Waals surface area (Å²) in [7, 11) is 0. The van der Waals surface area contributed by atoms with Crippen LogP contribution in [0.25, 0.3) is 0 Å². The van der Waals surface area contributed by atoms with E-state index >= 15 is 0 Å². The third kappa shape index (κ3) is 4.25. The van der Waals surface area contributed by atoms with Crippen molar-refractivity contribution in [2.45, 2.75) is 57.8 Å². The molecular weight excluding hydrogens is 260 g/mol. The normalized spacial score (nSPS) is 22.9. The maximum Gasteiger partial charge on any atom is 0.164 e. The van der Waals surface area contributed by atoms with Crippen LogP contribution in [0.4, 0.5) is 8.78 Å². The Morgan fingerprint density at radius 2 is 1.95 bits per heavy atom. The molecule has 0 radical (unpaired) electrons. The van der Waals surface area contributed by atoms with Crippen molar-refractivity contribution in [2.75, 3.05) is 6.54 Å². The number of hydrogen-bond donors (Lipinski definition) is 1. The summed E-state index contributed by atoms with van der Waals surface area (Å²) >= 11 is 0. The van der Waals surface area contributed by atoms with Gasteiger partial charge in [-0.3, -0.25) is 0 Å². The fourth-order valence-electron chi connectivity index (χ4n) is 2.65. The van der Waals surface area contributed by atoms with Crippen molar-refractivity contribution in [3.05, 3.63) is 35.4 Å². The molecular formula is C16H23F2NO. The van der Waals surface area contributed by atoms with Crippen LogP contribution in [0.1, 0.15) is 44.6 Å². The molecule has 1 fully saturated rings. The summed E-state index contributed by atoms with van der Waals surface area (Å²) in [5.74, 6) is -1.59. The van der Waals surface area contributed by atoms with Gasteiger partial charge < -0.3 is 10.1 Å². The minimum absolute atomic E-state index is 0.154. The van der Waals surface area contributed by atoms with E-state index in [2.05, 4.69) is 12.2 Å². The quantitative estimate of drug-likeness (QED) is 0.857. The minimum Gasteiger partial charge on any atom is -0.373 e. The van der Waals surface area contributed by atoms with Crippen LogP contribution in [0.5, 0.6) is 0 Å². The summed E-state index contributed by atoms with van der Waals surface area (Å²) in [6, 6.07) is 4.81. The van der Waals surface area contributed by atoms with E-state index in [9.17, 15) is 8.78 Å². The first-order chi connectivity index (χ1) is 9.70. The molecule has 0 aliphatic heterocycles. The van der Waals surface area contributed by atoms with Gasteiger partial charge in [-0.15, -0.1) is 0 Å². The highest BCUT2D eigenvalue weighted by Crippen LogP contribution is 2.23. The van der Waals surface area contributed by atoms with Gasteiger partial charge in [0, 0.05) is 11.6 Å². The third-order valence-corrected chi connectivity index (χ3v) is 3.86. The average molecular weight is 283 g/mol. The van der Waals surface area contributed by atoms with Gasteiger partial charge in [0.15, 0.2) is 11.6 Å². The molecule has 112 valence electrons. The van der Waals surface area contributed by atoms with Crippen LogP contribution in [-0.2, 0) is 11.3 Å².